The van der Waals surface area contributed by atoms with Crippen LogP contribution >= 0.6 is 0 Å². The zero-order chi connectivity index (χ0) is 19.9. The molecule has 2 N–H and O–H groups in total. The van der Waals surface area contributed by atoms with Crippen molar-refractivity contribution in [3.05, 3.63) is 29.3 Å². The van der Waals surface area contributed by atoms with Crippen LogP contribution in [0.25, 0.3) is 0 Å². The molecule has 0 bridgehead atoms. The molecular weight excluding hydrogens is 348 g/mol. The van der Waals surface area contributed by atoms with Gasteiger partial charge in [0.2, 0.25) is 14.2 Å². The van der Waals surface area contributed by atoms with Crippen molar-refractivity contribution < 1.29 is 18.8 Å². The van der Waals surface area contributed by atoms with E-state index in [-0.39, 0.29) is 29.7 Å². The SMILES string of the molecule is CC(=O)CC(C(N)=O)N1Cc2c(O[Si](C)(C)C(C)(C)C)cccc2C1=O. The molecule has 0 aliphatic carbocycles. The van der Waals surface area contributed by atoms with E-state index in [1.807, 2.05) is 6.07 Å². The van der Waals surface area contributed by atoms with Gasteiger partial charge in [0.05, 0.1) is 6.54 Å². The molecule has 7 heteroatoms. The monoisotopic (exact) mass is 376 g/mol. The highest BCUT2D eigenvalue weighted by atomic mass is 28.4. The lowest BCUT2D eigenvalue weighted by molar-refractivity contribution is -0.127. The van der Waals surface area contributed by atoms with Crippen molar-refractivity contribution >= 4 is 25.9 Å². The number of nitrogens with two attached hydrogens (primary N) is 1. The van der Waals surface area contributed by atoms with Gasteiger partial charge in [-0.3, -0.25) is 14.4 Å². The van der Waals surface area contributed by atoms with Crippen molar-refractivity contribution in [1.29, 1.82) is 0 Å². The van der Waals surface area contributed by atoms with Gasteiger partial charge in [0.1, 0.15) is 17.6 Å². The standard InChI is InChI=1S/C19H28N2O4Si/c1-12(22)10-15(17(20)23)21-11-14-13(18(21)24)8-7-9-16(14)25-26(5,6)19(2,3)4/h7-9,15H,10-11H2,1-6H3,(H2,20,23). The van der Waals surface area contributed by atoms with E-state index in [9.17, 15) is 14.4 Å². The van der Waals surface area contributed by atoms with Gasteiger partial charge in [0.25, 0.3) is 5.91 Å². The Kier molecular flexibility index (Phi) is 5.33. The van der Waals surface area contributed by atoms with E-state index < -0.39 is 20.3 Å². The summed E-state index contributed by atoms with van der Waals surface area (Å²) in [4.78, 5) is 37.5. The summed E-state index contributed by atoms with van der Waals surface area (Å²) < 4.78 is 6.40. The Morgan fingerprint density at radius 2 is 1.92 bits per heavy atom. The highest BCUT2D eigenvalue weighted by Gasteiger charge is 2.42. The summed E-state index contributed by atoms with van der Waals surface area (Å²) in [6.45, 7) is 12.3. The number of carbonyl (C=O) groups is 3. The van der Waals surface area contributed by atoms with Crippen LogP contribution in [0.4, 0.5) is 0 Å². The van der Waals surface area contributed by atoms with Crippen molar-refractivity contribution in [2.75, 3.05) is 0 Å². The lowest BCUT2D eigenvalue weighted by Crippen LogP contribution is -2.46. The third kappa shape index (κ3) is 3.82. The van der Waals surface area contributed by atoms with Crippen LogP contribution in [0, 0.1) is 0 Å². The normalized spacial score (nSPS) is 15.6. The second kappa shape index (κ2) is 6.87. The lowest BCUT2D eigenvalue weighted by atomic mass is 10.1. The first-order valence-corrected chi connectivity index (χ1v) is 11.7. The van der Waals surface area contributed by atoms with Crippen LogP contribution in [0.15, 0.2) is 18.2 Å². The quantitative estimate of drug-likeness (QED) is 0.773. The van der Waals surface area contributed by atoms with E-state index in [0.29, 0.717) is 11.3 Å². The molecule has 6 nitrogen and oxygen atoms in total. The third-order valence-electron chi connectivity index (χ3n) is 5.31. The summed E-state index contributed by atoms with van der Waals surface area (Å²) in [7, 11) is -2.08. The number of rotatable bonds is 6. The molecule has 0 spiro atoms. The van der Waals surface area contributed by atoms with Crippen LogP contribution in [0.5, 0.6) is 5.75 Å². The smallest absolute Gasteiger partial charge is 0.255 e. The predicted octanol–water partition coefficient (Wildman–Crippen LogP) is 2.86. The zero-order valence-electron chi connectivity index (χ0n) is 16.4. The van der Waals surface area contributed by atoms with Gasteiger partial charge >= 0.3 is 0 Å². The number of carbonyl (C=O) groups excluding carboxylic acids is 3. The number of benzene rings is 1. The second-order valence-corrected chi connectivity index (χ2v) is 13.1. The molecule has 1 aromatic rings. The van der Waals surface area contributed by atoms with Gasteiger partial charge in [-0.25, -0.2) is 0 Å². The number of Topliss-reactive ketones (excluding diaryl/α,β-unsaturated/α-hetero) is 1. The van der Waals surface area contributed by atoms with Gasteiger partial charge in [-0.1, -0.05) is 26.8 Å². The van der Waals surface area contributed by atoms with E-state index in [4.69, 9.17) is 10.2 Å². The first-order chi connectivity index (χ1) is 11.8. The number of primary amides is 1. The minimum Gasteiger partial charge on any atom is -0.543 e. The highest BCUT2D eigenvalue weighted by molar-refractivity contribution is 6.74. The van der Waals surface area contributed by atoms with Crippen LogP contribution in [-0.2, 0) is 16.1 Å². The van der Waals surface area contributed by atoms with Gasteiger partial charge in [0.15, 0.2) is 0 Å². The fourth-order valence-corrected chi connectivity index (χ4v) is 3.79. The van der Waals surface area contributed by atoms with E-state index >= 15 is 0 Å². The Balaban J connectivity index is 2.38. The molecule has 2 amide bonds. The van der Waals surface area contributed by atoms with Gasteiger partial charge in [-0.05, 0) is 37.2 Å². The number of fused-ring (bicyclic) bond motifs is 1. The van der Waals surface area contributed by atoms with Crippen LogP contribution in [0.1, 0.15) is 50.0 Å². The highest BCUT2D eigenvalue weighted by Crippen LogP contribution is 2.40. The summed E-state index contributed by atoms with van der Waals surface area (Å²) in [6.07, 6.45) is -0.0759. The topological polar surface area (TPSA) is 89.7 Å². The Morgan fingerprint density at radius 3 is 2.42 bits per heavy atom. The van der Waals surface area contributed by atoms with Crippen LogP contribution in [0.2, 0.25) is 18.1 Å². The minimum atomic E-state index is -2.08. The number of ketones is 1. The first kappa shape index (κ1) is 20.2. The molecular formula is C19H28N2O4Si. The number of hydrogen-bond donors (Lipinski definition) is 1. The van der Waals surface area contributed by atoms with Crippen molar-refractivity contribution in [2.45, 2.75) is 64.8 Å². The fraction of sp³-hybridized carbons (Fsp3) is 0.526. The summed E-state index contributed by atoms with van der Waals surface area (Å²) in [5.41, 5.74) is 6.72. The predicted molar refractivity (Wildman–Crippen MR) is 102 cm³/mol. The molecule has 142 valence electrons. The van der Waals surface area contributed by atoms with E-state index in [1.54, 1.807) is 12.1 Å². The van der Waals surface area contributed by atoms with Crippen molar-refractivity contribution in [3.63, 3.8) is 0 Å². The molecule has 1 atom stereocenters. The lowest BCUT2D eigenvalue weighted by Gasteiger charge is -2.37. The van der Waals surface area contributed by atoms with Crippen LogP contribution in [0.3, 0.4) is 0 Å². The van der Waals surface area contributed by atoms with Gasteiger partial charge in [-0.2, -0.15) is 0 Å². The average molecular weight is 377 g/mol. The van der Waals surface area contributed by atoms with Crippen molar-refractivity contribution in [3.8, 4) is 5.75 Å². The summed E-state index contributed by atoms with van der Waals surface area (Å²) in [5.74, 6) is -0.467. The number of amides is 2. The molecule has 0 radical (unpaired) electrons. The van der Waals surface area contributed by atoms with Gasteiger partial charge in [-0.15, -0.1) is 0 Å². The summed E-state index contributed by atoms with van der Waals surface area (Å²) in [6, 6.07) is 4.43. The molecule has 0 aromatic heterocycles. The Labute approximate surface area is 155 Å². The van der Waals surface area contributed by atoms with E-state index in [2.05, 4.69) is 33.9 Å². The maximum Gasteiger partial charge on any atom is 0.255 e. The molecule has 1 aromatic carbocycles. The van der Waals surface area contributed by atoms with Crippen molar-refractivity contribution in [1.82, 2.24) is 4.90 Å². The van der Waals surface area contributed by atoms with Crippen LogP contribution < -0.4 is 10.2 Å². The molecule has 1 aliphatic rings. The first-order valence-electron chi connectivity index (χ1n) is 8.76. The Bertz CT molecular complexity index is 752. The van der Waals surface area contributed by atoms with Crippen LogP contribution in [-0.4, -0.2) is 36.9 Å². The largest absolute Gasteiger partial charge is 0.543 e. The van der Waals surface area contributed by atoms with Crippen molar-refractivity contribution in [2.24, 2.45) is 5.73 Å². The zero-order valence-corrected chi connectivity index (χ0v) is 17.4. The second-order valence-electron chi connectivity index (χ2n) is 8.40. The van der Waals surface area contributed by atoms with E-state index in [0.717, 1.165) is 5.56 Å². The minimum absolute atomic E-state index is 0.0163. The summed E-state index contributed by atoms with van der Waals surface area (Å²) in [5, 5.41) is 0.0163. The molecule has 0 fully saturated rings. The maximum absolute atomic E-state index is 12.8. The average Bonchev–Trinajstić information content (AvgIpc) is 2.81. The molecule has 1 aliphatic heterocycles. The molecule has 0 saturated carbocycles. The van der Waals surface area contributed by atoms with Gasteiger partial charge in [0, 0.05) is 17.5 Å². The molecule has 26 heavy (non-hydrogen) atoms. The summed E-state index contributed by atoms with van der Waals surface area (Å²) >= 11 is 0. The Morgan fingerprint density at radius 1 is 1.31 bits per heavy atom. The third-order valence-corrected chi connectivity index (χ3v) is 9.65. The molecule has 2 rings (SSSR count). The van der Waals surface area contributed by atoms with Gasteiger partial charge < -0.3 is 15.1 Å². The fourth-order valence-electron chi connectivity index (χ4n) is 2.74. The number of nitrogens with zero attached hydrogens (tertiary/aromatic N) is 1. The molecule has 0 saturated heterocycles. The van der Waals surface area contributed by atoms with E-state index in [1.165, 1.54) is 11.8 Å². The maximum atomic E-state index is 12.8. The number of hydrogen-bond acceptors (Lipinski definition) is 4. The Hall–Kier alpha value is -2.15. The molecule has 1 unspecified atom stereocenters. The molecule has 1 heterocycles.